The van der Waals surface area contributed by atoms with Crippen molar-refractivity contribution < 1.29 is 13.2 Å². The molecule has 116 valence electrons. The summed E-state index contributed by atoms with van der Waals surface area (Å²) in [6.07, 6.45) is 2.02. The Morgan fingerprint density at radius 3 is 2.43 bits per heavy atom. The Balaban J connectivity index is 2.35. The molecular formula is C15H22N2O3S. The lowest BCUT2D eigenvalue weighted by Crippen LogP contribution is -2.31. The highest BCUT2D eigenvalue weighted by atomic mass is 32.2. The van der Waals surface area contributed by atoms with E-state index in [-0.39, 0.29) is 16.8 Å². The summed E-state index contributed by atoms with van der Waals surface area (Å²) in [7, 11) is -3.58. The molecule has 21 heavy (non-hydrogen) atoms. The molecule has 1 aromatic rings. The second kappa shape index (κ2) is 6.15. The van der Waals surface area contributed by atoms with Crippen LogP contribution in [-0.4, -0.2) is 38.4 Å². The number of hydrogen-bond donors (Lipinski definition) is 1. The highest BCUT2D eigenvalue weighted by Gasteiger charge is 2.23. The van der Waals surface area contributed by atoms with E-state index in [9.17, 15) is 13.2 Å². The molecule has 5 nitrogen and oxygen atoms in total. The molecule has 1 aliphatic heterocycles. The van der Waals surface area contributed by atoms with E-state index in [2.05, 4.69) is 4.72 Å². The quantitative estimate of drug-likeness (QED) is 0.924. The van der Waals surface area contributed by atoms with Gasteiger partial charge in [0, 0.05) is 24.7 Å². The molecule has 0 aromatic heterocycles. The summed E-state index contributed by atoms with van der Waals surface area (Å²) in [5.41, 5.74) is 1.28. The first-order valence-corrected chi connectivity index (χ1v) is 8.72. The average molecular weight is 310 g/mol. The fourth-order valence-electron chi connectivity index (χ4n) is 2.47. The average Bonchev–Trinajstić information content (AvgIpc) is 2.90. The van der Waals surface area contributed by atoms with Crippen molar-refractivity contribution in [1.29, 1.82) is 0 Å². The highest BCUT2D eigenvalue weighted by molar-refractivity contribution is 7.89. The SMILES string of the molecule is Cc1ccc(S(=O)(=O)NC(C)C)cc1C(=O)N1CCCC1. The summed E-state index contributed by atoms with van der Waals surface area (Å²) in [6.45, 7) is 6.86. The van der Waals surface area contributed by atoms with Crippen LogP contribution in [-0.2, 0) is 10.0 Å². The fourth-order valence-corrected chi connectivity index (χ4v) is 3.74. The van der Waals surface area contributed by atoms with Gasteiger partial charge in [-0.15, -0.1) is 0 Å². The van der Waals surface area contributed by atoms with Gasteiger partial charge in [0.25, 0.3) is 5.91 Å². The minimum absolute atomic E-state index is 0.0772. The lowest BCUT2D eigenvalue weighted by molar-refractivity contribution is 0.0792. The van der Waals surface area contributed by atoms with Crippen molar-refractivity contribution in [2.45, 2.75) is 44.6 Å². The molecule has 2 rings (SSSR count). The van der Waals surface area contributed by atoms with E-state index in [0.717, 1.165) is 31.5 Å². The van der Waals surface area contributed by atoms with Gasteiger partial charge in [-0.1, -0.05) is 6.07 Å². The fraction of sp³-hybridized carbons (Fsp3) is 0.533. The molecule has 1 fully saturated rings. The van der Waals surface area contributed by atoms with Crippen LogP contribution in [0.15, 0.2) is 23.1 Å². The Kier molecular flexibility index (Phi) is 4.68. The van der Waals surface area contributed by atoms with Crippen molar-refractivity contribution in [1.82, 2.24) is 9.62 Å². The Hall–Kier alpha value is -1.40. The molecular weight excluding hydrogens is 288 g/mol. The number of sulfonamides is 1. The molecule has 1 amide bonds. The predicted molar refractivity (Wildman–Crippen MR) is 81.8 cm³/mol. The Bertz CT molecular complexity index is 632. The van der Waals surface area contributed by atoms with Crippen molar-refractivity contribution in [3.8, 4) is 0 Å². The maximum Gasteiger partial charge on any atom is 0.254 e. The van der Waals surface area contributed by atoms with Crippen molar-refractivity contribution in [3.05, 3.63) is 29.3 Å². The zero-order valence-electron chi connectivity index (χ0n) is 12.7. The Morgan fingerprint density at radius 1 is 1.24 bits per heavy atom. The van der Waals surface area contributed by atoms with E-state index < -0.39 is 10.0 Å². The number of likely N-dealkylation sites (tertiary alicyclic amines) is 1. The minimum Gasteiger partial charge on any atom is -0.339 e. The summed E-state index contributed by atoms with van der Waals surface area (Å²) < 4.78 is 27.0. The molecule has 1 aliphatic rings. The lowest BCUT2D eigenvalue weighted by atomic mass is 10.1. The first-order valence-electron chi connectivity index (χ1n) is 7.23. The molecule has 1 saturated heterocycles. The van der Waals surface area contributed by atoms with E-state index in [1.54, 1.807) is 30.9 Å². The molecule has 0 radical (unpaired) electrons. The second-order valence-corrected chi connectivity index (χ2v) is 7.47. The van der Waals surface area contributed by atoms with Crippen molar-refractivity contribution >= 4 is 15.9 Å². The molecule has 0 spiro atoms. The number of rotatable bonds is 4. The largest absolute Gasteiger partial charge is 0.339 e. The van der Waals surface area contributed by atoms with Gasteiger partial charge in [0.1, 0.15) is 0 Å². The van der Waals surface area contributed by atoms with Crippen LogP contribution in [0.5, 0.6) is 0 Å². The summed E-state index contributed by atoms with van der Waals surface area (Å²) >= 11 is 0. The zero-order valence-corrected chi connectivity index (χ0v) is 13.5. The number of hydrogen-bond acceptors (Lipinski definition) is 3. The summed E-state index contributed by atoms with van der Waals surface area (Å²) in [6, 6.07) is 4.54. The molecule has 6 heteroatoms. The molecule has 0 saturated carbocycles. The first kappa shape index (κ1) is 16.0. The van der Waals surface area contributed by atoms with Gasteiger partial charge in [0.2, 0.25) is 10.0 Å². The molecule has 0 bridgehead atoms. The van der Waals surface area contributed by atoms with Gasteiger partial charge in [0.15, 0.2) is 0 Å². The third kappa shape index (κ3) is 3.63. The van der Waals surface area contributed by atoms with Gasteiger partial charge in [-0.3, -0.25) is 4.79 Å². The number of nitrogens with one attached hydrogen (secondary N) is 1. The van der Waals surface area contributed by atoms with Gasteiger partial charge >= 0.3 is 0 Å². The van der Waals surface area contributed by atoms with Crippen LogP contribution in [0, 0.1) is 6.92 Å². The zero-order chi connectivity index (χ0) is 15.6. The van der Waals surface area contributed by atoms with Crippen LogP contribution >= 0.6 is 0 Å². The number of benzene rings is 1. The number of amides is 1. The van der Waals surface area contributed by atoms with Gasteiger partial charge in [-0.05, 0) is 51.3 Å². The normalized spacial score (nSPS) is 15.7. The molecule has 1 N–H and O–H groups in total. The molecule has 1 aromatic carbocycles. The smallest absolute Gasteiger partial charge is 0.254 e. The van der Waals surface area contributed by atoms with Gasteiger partial charge in [0.05, 0.1) is 4.90 Å². The van der Waals surface area contributed by atoms with Crippen LogP contribution in [0.4, 0.5) is 0 Å². The highest BCUT2D eigenvalue weighted by Crippen LogP contribution is 2.20. The van der Waals surface area contributed by atoms with Gasteiger partial charge in [-0.2, -0.15) is 0 Å². The van der Waals surface area contributed by atoms with Crippen LogP contribution < -0.4 is 4.72 Å². The standard InChI is InChI=1S/C15H22N2O3S/c1-11(2)16-21(19,20)13-7-6-12(3)14(10-13)15(18)17-8-4-5-9-17/h6-7,10-11,16H,4-5,8-9H2,1-3H3. The van der Waals surface area contributed by atoms with Crippen LogP contribution in [0.2, 0.25) is 0 Å². The van der Waals surface area contributed by atoms with Gasteiger partial charge in [-0.25, -0.2) is 13.1 Å². The monoisotopic (exact) mass is 310 g/mol. The van der Waals surface area contributed by atoms with Crippen molar-refractivity contribution in [2.24, 2.45) is 0 Å². The van der Waals surface area contributed by atoms with E-state index in [1.165, 1.54) is 6.07 Å². The molecule has 0 atom stereocenters. The van der Waals surface area contributed by atoms with E-state index >= 15 is 0 Å². The number of carbonyl (C=O) groups excluding carboxylic acids is 1. The summed E-state index contributed by atoms with van der Waals surface area (Å²) in [5, 5.41) is 0. The maximum absolute atomic E-state index is 12.5. The molecule has 0 unspecified atom stereocenters. The Labute approximate surface area is 126 Å². The van der Waals surface area contributed by atoms with Crippen LogP contribution in [0.3, 0.4) is 0 Å². The number of carbonyl (C=O) groups is 1. The van der Waals surface area contributed by atoms with Crippen LogP contribution in [0.1, 0.15) is 42.6 Å². The van der Waals surface area contributed by atoms with E-state index in [4.69, 9.17) is 0 Å². The third-order valence-corrected chi connectivity index (χ3v) is 5.19. The first-order chi connectivity index (χ1) is 9.81. The van der Waals surface area contributed by atoms with Crippen LogP contribution in [0.25, 0.3) is 0 Å². The maximum atomic E-state index is 12.5. The minimum atomic E-state index is -3.58. The topological polar surface area (TPSA) is 66.5 Å². The van der Waals surface area contributed by atoms with E-state index in [1.807, 2.05) is 6.92 Å². The van der Waals surface area contributed by atoms with Crippen molar-refractivity contribution in [2.75, 3.05) is 13.1 Å². The summed E-state index contributed by atoms with van der Waals surface area (Å²) in [4.78, 5) is 14.4. The summed E-state index contributed by atoms with van der Waals surface area (Å²) in [5.74, 6) is -0.0772. The third-order valence-electron chi connectivity index (χ3n) is 3.53. The second-order valence-electron chi connectivity index (χ2n) is 5.75. The predicted octanol–water partition coefficient (Wildman–Crippen LogP) is 1.92. The number of aryl methyl sites for hydroxylation is 1. The molecule has 1 heterocycles. The number of nitrogens with zero attached hydrogens (tertiary/aromatic N) is 1. The lowest BCUT2D eigenvalue weighted by Gasteiger charge is -2.18. The Morgan fingerprint density at radius 2 is 1.86 bits per heavy atom. The van der Waals surface area contributed by atoms with Gasteiger partial charge < -0.3 is 4.90 Å². The molecule has 0 aliphatic carbocycles. The van der Waals surface area contributed by atoms with Crippen molar-refractivity contribution in [3.63, 3.8) is 0 Å². The van der Waals surface area contributed by atoms with E-state index in [0.29, 0.717) is 5.56 Å².